The number of thiazole rings is 1. The van der Waals surface area contributed by atoms with Crippen molar-refractivity contribution >= 4 is 41.3 Å². The van der Waals surface area contributed by atoms with Crippen LogP contribution in [0.4, 0.5) is 0 Å². The van der Waals surface area contributed by atoms with E-state index in [0.29, 0.717) is 0 Å². The highest BCUT2D eigenvalue weighted by molar-refractivity contribution is 14.0. The molecule has 120 valence electrons. The van der Waals surface area contributed by atoms with Crippen molar-refractivity contribution in [1.82, 2.24) is 15.6 Å². The Hall–Kier alpha value is -1.15. The summed E-state index contributed by atoms with van der Waals surface area (Å²) in [5.41, 5.74) is 3.67. The summed E-state index contributed by atoms with van der Waals surface area (Å²) in [6, 6.07) is 8.48. The molecule has 1 aromatic carbocycles. The first kappa shape index (κ1) is 18.9. The SMILES string of the molecule is CN=C(NCCc1csc(C)n1)NCc1cccc(C)c1.I. The van der Waals surface area contributed by atoms with Gasteiger partial charge in [-0.3, -0.25) is 4.99 Å². The molecule has 6 heteroatoms. The van der Waals surface area contributed by atoms with Crippen molar-refractivity contribution in [3.63, 3.8) is 0 Å². The molecule has 0 spiro atoms. The topological polar surface area (TPSA) is 49.3 Å². The van der Waals surface area contributed by atoms with E-state index in [0.717, 1.165) is 36.2 Å². The number of hydrogen-bond acceptors (Lipinski definition) is 3. The molecule has 0 saturated heterocycles. The molecule has 0 aliphatic heterocycles. The van der Waals surface area contributed by atoms with Crippen LogP contribution in [-0.4, -0.2) is 24.5 Å². The predicted molar refractivity (Wildman–Crippen MR) is 105 cm³/mol. The molecule has 2 N–H and O–H groups in total. The van der Waals surface area contributed by atoms with Crippen LogP contribution >= 0.6 is 35.3 Å². The van der Waals surface area contributed by atoms with E-state index < -0.39 is 0 Å². The maximum atomic E-state index is 4.45. The van der Waals surface area contributed by atoms with Crippen molar-refractivity contribution < 1.29 is 0 Å². The van der Waals surface area contributed by atoms with Crippen molar-refractivity contribution in [2.75, 3.05) is 13.6 Å². The molecule has 2 aromatic rings. The van der Waals surface area contributed by atoms with Gasteiger partial charge < -0.3 is 10.6 Å². The molecule has 0 unspecified atom stereocenters. The summed E-state index contributed by atoms with van der Waals surface area (Å²) in [4.78, 5) is 8.69. The second-order valence-electron chi connectivity index (χ2n) is 4.95. The highest BCUT2D eigenvalue weighted by atomic mass is 127. The third-order valence-electron chi connectivity index (χ3n) is 3.11. The largest absolute Gasteiger partial charge is 0.356 e. The van der Waals surface area contributed by atoms with Crippen LogP contribution in [0.1, 0.15) is 21.8 Å². The number of guanidine groups is 1. The molecular formula is C16H23IN4S. The van der Waals surface area contributed by atoms with Crippen molar-refractivity contribution in [2.24, 2.45) is 4.99 Å². The van der Waals surface area contributed by atoms with E-state index in [4.69, 9.17) is 0 Å². The Kier molecular flexibility index (Phi) is 8.40. The smallest absolute Gasteiger partial charge is 0.191 e. The zero-order chi connectivity index (χ0) is 15.1. The van der Waals surface area contributed by atoms with Crippen LogP contribution in [0.3, 0.4) is 0 Å². The van der Waals surface area contributed by atoms with E-state index in [2.05, 4.69) is 57.2 Å². The first-order valence-corrected chi connectivity index (χ1v) is 7.96. The third-order valence-corrected chi connectivity index (χ3v) is 3.93. The van der Waals surface area contributed by atoms with E-state index in [1.807, 2.05) is 6.92 Å². The third kappa shape index (κ3) is 6.31. The molecule has 2 rings (SSSR count). The monoisotopic (exact) mass is 430 g/mol. The van der Waals surface area contributed by atoms with Gasteiger partial charge in [0.05, 0.1) is 10.7 Å². The predicted octanol–water partition coefficient (Wildman–Crippen LogP) is 3.29. The molecule has 0 bridgehead atoms. The molecule has 0 atom stereocenters. The van der Waals surface area contributed by atoms with Crippen LogP contribution in [0.5, 0.6) is 0 Å². The standard InChI is InChI=1S/C16H22N4S.HI/c1-12-5-4-6-14(9-12)10-19-16(17-3)18-8-7-15-11-21-13(2)20-15;/h4-6,9,11H,7-8,10H2,1-3H3,(H2,17,18,19);1H. The van der Waals surface area contributed by atoms with Crippen LogP contribution in [0.15, 0.2) is 34.6 Å². The van der Waals surface area contributed by atoms with Crippen LogP contribution in [0, 0.1) is 13.8 Å². The molecular weight excluding hydrogens is 407 g/mol. The first-order chi connectivity index (χ1) is 10.2. The van der Waals surface area contributed by atoms with Crippen molar-refractivity contribution in [1.29, 1.82) is 0 Å². The molecule has 0 radical (unpaired) electrons. The number of aromatic nitrogens is 1. The lowest BCUT2D eigenvalue weighted by molar-refractivity contribution is 0.785. The van der Waals surface area contributed by atoms with E-state index >= 15 is 0 Å². The molecule has 0 amide bonds. The maximum Gasteiger partial charge on any atom is 0.191 e. The quantitative estimate of drug-likeness (QED) is 0.435. The molecule has 22 heavy (non-hydrogen) atoms. The Morgan fingerprint density at radius 2 is 2.09 bits per heavy atom. The summed E-state index contributed by atoms with van der Waals surface area (Å²) in [5, 5.41) is 9.87. The van der Waals surface area contributed by atoms with Gasteiger partial charge >= 0.3 is 0 Å². The summed E-state index contributed by atoms with van der Waals surface area (Å²) >= 11 is 1.69. The van der Waals surface area contributed by atoms with Crippen LogP contribution in [0.2, 0.25) is 0 Å². The minimum absolute atomic E-state index is 0. The van der Waals surface area contributed by atoms with E-state index in [1.54, 1.807) is 18.4 Å². The Bertz CT molecular complexity index is 610. The maximum absolute atomic E-state index is 4.45. The van der Waals surface area contributed by atoms with E-state index in [1.165, 1.54) is 11.1 Å². The first-order valence-electron chi connectivity index (χ1n) is 7.08. The molecule has 4 nitrogen and oxygen atoms in total. The molecule has 0 aliphatic carbocycles. The fraction of sp³-hybridized carbons (Fsp3) is 0.375. The second kappa shape index (κ2) is 9.78. The summed E-state index contributed by atoms with van der Waals surface area (Å²) in [7, 11) is 1.79. The normalized spacial score (nSPS) is 11.0. The fourth-order valence-corrected chi connectivity index (χ4v) is 2.71. The van der Waals surface area contributed by atoms with Crippen molar-refractivity contribution in [3.8, 4) is 0 Å². The van der Waals surface area contributed by atoms with Crippen LogP contribution < -0.4 is 10.6 Å². The highest BCUT2D eigenvalue weighted by Gasteiger charge is 2.01. The lowest BCUT2D eigenvalue weighted by atomic mass is 10.1. The molecule has 1 aromatic heterocycles. The van der Waals surface area contributed by atoms with Crippen molar-refractivity contribution in [3.05, 3.63) is 51.5 Å². The number of aryl methyl sites for hydroxylation is 2. The highest BCUT2D eigenvalue weighted by Crippen LogP contribution is 2.07. The zero-order valence-corrected chi connectivity index (χ0v) is 16.4. The minimum Gasteiger partial charge on any atom is -0.356 e. The van der Waals surface area contributed by atoms with E-state index in [-0.39, 0.29) is 24.0 Å². The summed E-state index contributed by atoms with van der Waals surface area (Å²) in [6.45, 7) is 5.74. The van der Waals surface area contributed by atoms with Crippen LogP contribution in [-0.2, 0) is 13.0 Å². The number of aliphatic imine (C=N–C) groups is 1. The fourth-order valence-electron chi connectivity index (χ4n) is 2.06. The number of halogens is 1. The molecule has 1 heterocycles. The van der Waals surface area contributed by atoms with Gasteiger partial charge in [0.25, 0.3) is 0 Å². The minimum atomic E-state index is 0. The van der Waals surface area contributed by atoms with Gasteiger partial charge in [-0.05, 0) is 19.4 Å². The average Bonchev–Trinajstić information content (AvgIpc) is 2.88. The summed E-state index contributed by atoms with van der Waals surface area (Å²) in [5.74, 6) is 0.823. The Balaban J connectivity index is 0.00000242. The van der Waals surface area contributed by atoms with Gasteiger partial charge in [0.2, 0.25) is 0 Å². The van der Waals surface area contributed by atoms with Crippen LogP contribution in [0.25, 0.3) is 0 Å². The van der Waals surface area contributed by atoms with E-state index in [9.17, 15) is 0 Å². The summed E-state index contributed by atoms with van der Waals surface area (Å²) < 4.78 is 0. The Morgan fingerprint density at radius 3 is 2.73 bits per heavy atom. The van der Waals surface area contributed by atoms with Gasteiger partial charge in [-0.2, -0.15) is 0 Å². The number of nitrogens with one attached hydrogen (secondary N) is 2. The Morgan fingerprint density at radius 1 is 1.27 bits per heavy atom. The number of nitrogens with zero attached hydrogens (tertiary/aromatic N) is 2. The zero-order valence-electron chi connectivity index (χ0n) is 13.2. The Labute approximate surface area is 153 Å². The molecule has 0 saturated carbocycles. The van der Waals surface area contributed by atoms with Gasteiger partial charge in [-0.15, -0.1) is 35.3 Å². The number of rotatable bonds is 5. The summed E-state index contributed by atoms with van der Waals surface area (Å²) in [6.07, 6.45) is 0.912. The average molecular weight is 430 g/mol. The lowest BCUT2D eigenvalue weighted by Gasteiger charge is -2.11. The van der Waals surface area contributed by atoms with Crippen molar-refractivity contribution in [2.45, 2.75) is 26.8 Å². The lowest BCUT2D eigenvalue weighted by Crippen LogP contribution is -2.37. The second-order valence-corrected chi connectivity index (χ2v) is 6.01. The van der Waals surface area contributed by atoms with Gasteiger partial charge in [0.1, 0.15) is 0 Å². The van der Waals surface area contributed by atoms with Gasteiger partial charge in [0.15, 0.2) is 5.96 Å². The number of hydrogen-bond donors (Lipinski definition) is 2. The molecule has 0 aliphatic rings. The van der Waals surface area contributed by atoms with Gasteiger partial charge in [-0.25, -0.2) is 4.98 Å². The number of benzene rings is 1. The molecule has 0 fully saturated rings. The van der Waals surface area contributed by atoms with Gasteiger partial charge in [0, 0.05) is 31.9 Å². The van der Waals surface area contributed by atoms with Gasteiger partial charge in [-0.1, -0.05) is 29.8 Å².